The van der Waals surface area contributed by atoms with Gasteiger partial charge < -0.3 is 20.3 Å². The Kier molecular flexibility index (Phi) is 8.51. The van der Waals surface area contributed by atoms with Crippen molar-refractivity contribution in [1.82, 2.24) is 5.32 Å². The summed E-state index contributed by atoms with van der Waals surface area (Å²) in [7, 11) is 1.66. The Morgan fingerprint density at radius 3 is 2.79 bits per heavy atom. The first-order valence-electron chi connectivity index (χ1n) is 4.76. The van der Waals surface area contributed by atoms with Crippen LogP contribution in [-0.2, 0) is 9.53 Å². The number of unbranched alkanes of at least 4 members (excludes halogenated alkanes) is 1. The molecule has 0 rings (SSSR count). The first kappa shape index (κ1) is 13.4. The molecule has 0 amide bonds. The lowest BCUT2D eigenvalue weighted by molar-refractivity contribution is -0.139. The van der Waals surface area contributed by atoms with Gasteiger partial charge in [0.05, 0.1) is 12.5 Å². The normalized spacial score (nSPS) is 12.7. The van der Waals surface area contributed by atoms with Crippen molar-refractivity contribution in [3.63, 3.8) is 0 Å². The first-order chi connectivity index (χ1) is 6.66. The zero-order valence-electron chi connectivity index (χ0n) is 8.53. The average Bonchev–Trinajstić information content (AvgIpc) is 2.10. The second-order valence-electron chi connectivity index (χ2n) is 3.16. The minimum absolute atomic E-state index is 0.203. The maximum atomic E-state index is 10.2. The van der Waals surface area contributed by atoms with Crippen LogP contribution in [0.4, 0.5) is 0 Å². The minimum atomic E-state index is -0.973. The van der Waals surface area contributed by atoms with Crippen molar-refractivity contribution in [1.29, 1.82) is 0 Å². The summed E-state index contributed by atoms with van der Waals surface area (Å²) in [4.78, 5) is 10.2. The van der Waals surface area contributed by atoms with Crippen molar-refractivity contribution < 1.29 is 19.7 Å². The van der Waals surface area contributed by atoms with Crippen molar-refractivity contribution >= 4 is 5.97 Å². The highest BCUT2D eigenvalue weighted by atomic mass is 16.5. The number of methoxy groups -OCH3 is 1. The molecule has 5 nitrogen and oxygen atoms in total. The molecule has 0 heterocycles. The van der Waals surface area contributed by atoms with Gasteiger partial charge in [0.1, 0.15) is 0 Å². The number of hydrogen-bond donors (Lipinski definition) is 3. The Morgan fingerprint density at radius 1 is 1.50 bits per heavy atom. The van der Waals surface area contributed by atoms with E-state index in [1.165, 1.54) is 0 Å². The molecule has 0 fully saturated rings. The molecule has 5 heteroatoms. The minimum Gasteiger partial charge on any atom is -0.481 e. The van der Waals surface area contributed by atoms with E-state index in [9.17, 15) is 4.79 Å². The van der Waals surface area contributed by atoms with Gasteiger partial charge in [-0.25, -0.2) is 0 Å². The second-order valence-corrected chi connectivity index (χ2v) is 3.16. The largest absolute Gasteiger partial charge is 0.481 e. The van der Waals surface area contributed by atoms with Crippen LogP contribution in [0.3, 0.4) is 0 Å². The molecule has 0 bridgehead atoms. The van der Waals surface area contributed by atoms with Crippen LogP contribution in [0.1, 0.15) is 19.3 Å². The van der Waals surface area contributed by atoms with Crippen molar-refractivity contribution in [2.75, 3.05) is 26.8 Å². The third-order valence-corrected chi connectivity index (χ3v) is 1.74. The lowest BCUT2D eigenvalue weighted by Crippen LogP contribution is -2.29. The quantitative estimate of drug-likeness (QED) is 0.456. The summed E-state index contributed by atoms with van der Waals surface area (Å²) in [5.41, 5.74) is 0. The summed E-state index contributed by atoms with van der Waals surface area (Å²) < 4.78 is 4.87. The highest BCUT2D eigenvalue weighted by Gasteiger charge is 2.07. The van der Waals surface area contributed by atoms with Gasteiger partial charge >= 0.3 is 5.97 Å². The number of carboxylic acids is 1. The Hall–Kier alpha value is -0.650. The van der Waals surface area contributed by atoms with Crippen molar-refractivity contribution in [3.05, 3.63) is 0 Å². The molecule has 0 radical (unpaired) electrons. The zero-order valence-corrected chi connectivity index (χ0v) is 8.53. The zero-order chi connectivity index (χ0) is 10.8. The molecule has 0 aromatic rings. The summed E-state index contributed by atoms with van der Waals surface area (Å²) in [6.45, 7) is 1.85. The molecule has 3 N–H and O–H groups in total. The Morgan fingerprint density at radius 2 is 2.21 bits per heavy atom. The van der Waals surface area contributed by atoms with Gasteiger partial charge in [-0.3, -0.25) is 4.79 Å². The summed E-state index contributed by atoms with van der Waals surface area (Å²) in [5.74, 6) is -0.973. The maximum Gasteiger partial charge on any atom is 0.306 e. The highest BCUT2D eigenvalue weighted by molar-refractivity contribution is 5.67. The van der Waals surface area contributed by atoms with Crippen molar-refractivity contribution in [2.45, 2.75) is 25.4 Å². The first-order valence-corrected chi connectivity index (χ1v) is 4.76. The van der Waals surface area contributed by atoms with Crippen molar-refractivity contribution in [3.8, 4) is 0 Å². The van der Waals surface area contributed by atoms with Gasteiger partial charge in [-0.1, -0.05) is 0 Å². The topological polar surface area (TPSA) is 78.8 Å². The van der Waals surface area contributed by atoms with Crippen molar-refractivity contribution in [2.24, 2.45) is 0 Å². The van der Waals surface area contributed by atoms with Crippen LogP contribution in [0, 0.1) is 0 Å². The molecular weight excluding hydrogens is 186 g/mol. The number of aliphatic carboxylic acids is 1. The fourth-order valence-corrected chi connectivity index (χ4v) is 1.04. The fourth-order valence-electron chi connectivity index (χ4n) is 1.04. The number of carbonyl (C=O) groups is 1. The third-order valence-electron chi connectivity index (χ3n) is 1.74. The smallest absolute Gasteiger partial charge is 0.306 e. The predicted molar refractivity (Wildman–Crippen MR) is 52.2 cm³/mol. The number of nitrogens with one attached hydrogen (secondary N) is 1. The number of ether oxygens (including phenoxy) is 1. The third kappa shape index (κ3) is 9.44. The van der Waals surface area contributed by atoms with Gasteiger partial charge in [0.25, 0.3) is 0 Å². The molecule has 84 valence electrons. The molecular formula is C9H19NO4. The molecule has 1 atom stereocenters. The number of carboxylic acid groups (broad SMARTS) is 1. The van der Waals surface area contributed by atoms with Crippen LogP contribution in [0.25, 0.3) is 0 Å². The summed E-state index contributed by atoms with van der Waals surface area (Å²) in [6, 6.07) is 0. The molecule has 0 aromatic heterocycles. The fraction of sp³-hybridized carbons (Fsp3) is 0.889. The standard InChI is InChI=1S/C9H19NO4/c1-14-5-3-2-4-10-7-8(11)6-9(12)13/h8,10-11H,2-7H2,1H3,(H,12,13). The van der Waals surface area contributed by atoms with E-state index in [2.05, 4.69) is 5.32 Å². The van der Waals surface area contributed by atoms with Crippen LogP contribution in [0.15, 0.2) is 0 Å². The van der Waals surface area contributed by atoms with E-state index >= 15 is 0 Å². The van der Waals surface area contributed by atoms with E-state index in [0.717, 1.165) is 26.0 Å². The number of aliphatic hydroxyl groups is 1. The monoisotopic (exact) mass is 205 g/mol. The molecule has 0 aliphatic rings. The van der Waals surface area contributed by atoms with Gasteiger partial charge in [0.15, 0.2) is 0 Å². The van der Waals surface area contributed by atoms with Crippen LogP contribution in [0.2, 0.25) is 0 Å². The van der Waals surface area contributed by atoms with Crippen LogP contribution in [-0.4, -0.2) is 49.1 Å². The van der Waals surface area contributed by atoms with Crippen LogP contribution >= 0.6 is 0 Å². The Balaban J connectivity index is 3.14. The van der Waals surface area contributed by atoms with E-state index in [1.54, 1.807) is 7.11 Å². The SMILES string of the molecule is COCCCCNCC(O)CC(=O)O. The highest BCUT2D eigenvalue weighted by Crippen LogP contribution is 1.91. The van der Waals surface area contributed by atoms with E-state index < -0.39 is 12.1 Å². The summed E-state index contributed by atoms with van der Waals surface area (Å²) in [5, 5.41) is 20.5. The molecule has 0 aromatic carbocycles. The van der Waals surface area contributed by atoms with E-state index in [1.807, 2.05) is 0 Å². The van der Waals surface area contributed by atoms with Gasteiger partial charge in [0.2, 0.25) is 0 Å². The Labute approximate surface area is 84.1 Å². The van der Waals surface area contributed by atoms with E-state index in [0.29, 0.717) is 6.54 Å². The predicted octanol–water partition coefficient (Wildman–Crippen LogP) is -0.162. The van der Waals surface area contributed by atoms with E-state index in [4.69, 9.17) is 14.9 Å². The molecule has 0 saturated heterocycles. The molecule has 14 heavy (non-hydrogen) atoms. The molecule has 0 saturated carbocycles. The van der Waals surface area contributed by atoms with Crippen LogP contribution < -0.4 is 5.32 Å². The lowest BCUT2D eigenvalue weighted by Gasteiger charge is -2.08. The number of hydrogen-bond acceptors (Lipinski definition) is 4. The van der Waals surface area contributed by atoms with Gasteiger partial charge in [-0.2, -0.15) is 0 Å². The number of aliphatic hydroxyl groups excluding tert-OH is 1. The van der Waals surface area contributed by atoms with E-state index in [-0.39, 0.29) is 6.42 Å². The van der Waals surface area contributed by atoms with Gasteiger partial charge in [-0.15, -0.1) is 0 Å². The summed E-state index contributed by atoms with van der Waals surface area (Å²) >= 11 is 0. The van der Waals surface area contributed by atoms with Gasteiger partial charge in [-0.05, 0) is 19.4 Å². The van der Waals surface area contributed by atoms with Crippen LogP contribution in [0.5, 0.6) is 0 Å². The second kappa shape index (κ2) is 8.93. The summed E-state index contributed by atoms with van der Waals surface area (Å²) in [6.07, 6.45) is 0.937. The molecule has 1 unspecified atom stereocenters. The van der Waals surface area contributed by atoms with Gasteiger partial charge in [0, 0.05) is 20.3 Å². The molecule has 0 aliphatic carbocycles. The number of rotatable bonds is 9. The Bertz CT molecular complexity index is 152. The average molecular weight is 205 g/mol. The lowest BCUT2D eigenvalue weighted by atomic mass is 10.2. The molecule has 0 aliphatic heterocycles. The maximum absolute atomic E-state index is 10.2. The molecule has 0 spiro atoms.